The summed E-state index contributed by atoms with van der Waals surface area (Å²) in [5.41, 5.74) is 2.24. The van der Waals surface area contributed by atoms with Crippen LogP contribution in [-0.2, 0) is 10.5 Å². The van der Waals surface area contributed by atoms with Crippen LogP contribution in [0.25, 0.3) is 0 Å². The summed E-state index contributed by atoms with van der Waals surface area (Å²) < 4.78 is 5.39. The van der Waals surface area contributed by atoms with Crippen LogP contribution in [0, 0.1) is 0 Å². The quantitative estimate of drug-likeness (QED) is 0.717. The molecule has 1 heterocycles. The van der Waals surface area contributed by atoms with Crippen LogP contribution in [0.1, 0.15) is 12.5 Å². The number of benzene rings is 2. The van der Waals surface area contributed by atoms with Gasteiger partial charge in [0.1, 0.15) is 5.75 Å². The highest BCUT2D eigenvalue weighted by Gasteiger charge is 2.25. The Kier molecular flexibility index (Phi) is 6.91. The third-order valence-electron chi connectivity index (χ3n) is 4.79. The summed E-state index contributed by atoms with van der Waals surface area (Å²) in [7, 11) is 1.65. The summed E-state index contributed by atoms with van der Waals surface area (Å²) in [6.45, 7) is 5.25. The molecular formula is C21H25ClN2O2S. The Morgan fingerprint density at radius 2 is 1.85 bits per heavy atom. The van der Waals surface area contributed by atoms with Crippen LogP contribution in [-0.4, -0.2) is 49.3 Å². The van der Waals surface area contributed by atoms with Crippen LogP contribution in [0.3, 0.4) is 0 Å². The van der Waals surface area contributed by atoms with Gasteiger partial charge in [-0.2, -0.15) is 0 Å². The molecule has 1 saturated heterocycles. The first-order valence-corrected chi connectivity index (χ1v) is 10.5. The van der Waals surface area contributed by atoms with Gasteiger partial charge >= 0.3 is 0 Å². The molecule has 1 fully saturated rings. The van der Waals surface area contributed by atoms with Gasteiger partial charge in [0, 0.05) is 48.2 Å². The van der Waals surface area contributed by atoms with Gasteiger partial charge in [0.05, 0.1) is 12.4 Å². The second-order valence-corrected chi connectivity index (χ2v) is 8.32. The molecule has 0 radical (unpaired) electrons. The van der Waals surface area contributed by atoms with Crippen molar-refractivity contribution in [3.05, 3.63) is 59.1 Å². The molecule has 6 heteroatoms. The van der Waals surface area contributed by atoms with Crippen LogP contribution in [0.4, 0.5) is 5.69 Å². The number of carbonyl (C=O) groups is 1. The number of carbonyl (C=O) groups excluding carboxylic acids is 1. The molecule has 0 N–H and O–H groups in total. The molecule has 0 saturated carbocycles. The van der Waals surface area contributed by atoms with Gasteiger partial charge in [-0.1, -0.05) is 29.8 Å². The van der Waals surface area contributed by atoms with Crippen LogP contribution < -0.4 is 9.64 Å². The van der Waals surface area contributed by atoms with Crippen LogP contribution >= 0.6 is 23.4 Å². The standard InChI is InChI=1S/C21H25ClN2O2S/c1-16(27-15-17-14-18(22)8-9-20(17)26-2)21(25)24-12-10-23(11-13-24)19-6-4-3-5-7-19/h3-9,14,16H,10-13,15H2,1-2H3. The molecule has 0 aromatic heterocycles. The van der Waals surface area contributed by atoms with E-state index in [1.807, 2.05) is 36.1 Å². The molecule has 2 aromatic rings. The second kappa shape index (κ2) is 9.38. The van der Waals surface area contributed by atoms with E-state index in [2.05, 4.69) is 29.2 Å². The lowest BCUT2D eigenvalue weighted by molar-refractivity contribution is -0.130. The van der Waals surface area contributed by atoms with Crippen molar-refractivity contribution in [1.29, 1.82) is 0 Å². The van der Waals surface area contributed by atoms with Crippen molar-refractivity contribution in [3.63, 3.8) is 0 Å². The van der Waals surface area contributed by atoms with E-state index in [1.54, 1.807) is 18.9 Å². The van der Waals surface area contributed by atoms with E-state index in [-0.39, 0.29) is 11.2 Å². The number of hydrogen-bond donors (Lipinski definition) is 0. The Labute approximate surface area is 170 Å². The molecule has 3 rings (SSSR count). The van der Waals surface area contributed by atoms with Crippen molar-refractivity contribution in [2.75, 3.05) is 38.2 Å². The van der Waals surface area contributed by atoms with E-state index < -0.39 is 0 Å². The maximum atomic E-state index is 12.8. The zero-order valence-electron chi connectivity index (χ0n) is 15.7. The van der Waals surface area contributed by atoms with Crippen molar-refractivity contribution in [3.8, 4) is 5.75 Å². The molecule has 144 valence electrons. The summed E-state index contributed by atoms with van der Waals surface area (Å²) in [4.78, 5) is 17.1. The number of nitrogens with zero attached hydrogens (tertiary/aromatic N) is 2. The highest BCUT2D eigenvalue weighted by atomic mass is 35.5. The Morgan fingerprint density at radius 3 is 2.52 bits per heavy atom. The number of hydrogen-bond acceptors (Lipinski definition) is 4. The highest BCUT2D eigenvalue weighted by Crippen LogP contribution is 2.29. The van der Waals surface area contributed by atoms with Crippen molar-refractivity contribution in [1.82, 2.24) is 4.90 Å². The maximum absolute atomic E-state index is 12.8. The SMILES string of the molecule is COc1ccc(Cl)cc1CSC(C)C(=O)N1CCN(c2ccccc2)CC1. The van der Waals surface area contributed by atoms with Gasteiger partial charge in [0.2, 0.25) is 5.91 Å². The Hall–Kier alpha value is -1.85. The van der Waals surface area contributed by atoms with Crippen LogP contribution in [0.5, 0.6) is 5.75 Å². The van der Waals surface area contributed by atoms with Crippen molar-refractivity contribution < 1.29 is 9.53 Å². The second-order valence-electron chi connectivity index (χ2n) is 6.56. The maximum Gasteiger partial charge on any atom is 0.235 e. The predicted octanol–water partition coefficient (Wildman–Crippen LogP) is 4.32. The first-order chi connectivity index (χ1) is 13.1. The van der Waals surface area contributed by atoms with Gasteiger partial charge in [0.25, 0.3) is 0 Å². The topological polar surface area (TPSA) is 32.8 Å². The van der Waals surface area contributed by atoms with Crippen LogP contribution in [0.2, 0.25) is 5.02 Å². The first-order valence-electron chi connectivity index (χ1n) is 9.11. The predicted molar refractivity (Wildman–Crippen MR) is 114 cm³/mol. The van der Waals surface area contributed by atoms with E-state index in [9.17, 15) is 4.79 Å². The minimum atomic E-state index is -0.100. The van der Waals surface area contributed by atoms with Crippen molar-refractivity contribution in [2.24, 2.45) is 0 Å². The minimum absolute atomic E-state index is 0.100. The molecule has 1 aliphatic heterocycles. The summed E-state index contributed by atoms with van der Waals surface area (Å²) >= 11 is 7.72. The molecule has 2 aromatic carbocycles. The number of methoxy groups -OCH3 is 1. The van der Waals surface area contributed by atoms with E-state index in [1.165, 1.54) is 5.69 Å². The zero-order valence-corrected chi connectivity index (χ0v) is 17.3. The molecule has 1 unspecified atom stereocenters. The lowest BCUT2D eigenvalue weighted by atomic mass is 10.2. The van der Waals surface area contributed by atoms with Gasteiger partial charge in [-0.05, 0) is 37.3 Å². The number of ether oxygens (including phenoxy) is 1. The Morgan fingerprint density at radius 1 is 1.15 bits per heavy atom. The van der Waals surface area contributed by atoms with E-state index in [0.29, 0.717) is 10.8 Å². The van der Waals surface area contributed by atoms with Gasteiger partial charge in [0.15, 0.2) is 0 Å². The largest absolute Gasteiger partial charge is 0.496 e. The molecule has 0 spiro atoms. The normalized spacial score (nSPS) is 15.5. The molecule has 0 aliphatic carbocycles. The fourth-order valence-corrected chi connectivity index (χ4v) is 4.37. The molecular weight excluding hydrogens is 380 g/mol. The minimum Gasteiger partial charge on any atom is -0.496 e. The molecule has 1 atom stereocenters. The fourth-order valence-electron chi connectivity index (χ4n) is 3.23. The number of anilines is 1. The summed E-state index contributed by atoms with van der Waals surface area (Å²) in [5.74, 6) is 1.71. The number of rotatable bonds is 6. The van der Waals surface area contributed by atoms with Gasteiger partial charge in [-0.3, -0.25) is 4.79 Å². The average molecular weight is 405 g/mol. The smallest absolute Gasteiger partial charge is 0.235 e. The number of piperazine rings is 1. The molecule has 1 amide bonds. The fraction of sp³-hybridized carbons (Fsp3) is 0.381. The first kappa shape index (κ1) is 19.9. The van der Waals surface area contributed by atoms with Crippen LogP contribution in [0.15, 0.2) is 48.5 Å². The van der Waals surface area contributed by atoms with Gasteiger partial charge in [-0.15, -0.1) is 11.8 Å². The highest BCUT2D eigenvalue weighted by molar-refractivity contribution is 7.99. The monoisotopic (exact) mass is 404 g/mol. The van der Waals surface area contributed by atoms with Crippen molar-refractivity contribution >= 4 is 35.0 Å². The van der Waals surface area contributed by atoms with Gasteiger partial charge in [-0.25, -0.2) is 0 Å². The summed E-state index contributed by atoms with van der Waals surface area (Å²) in [6, 6.07) is 16.0. The lowest BCUT2D eigenvalue weighted by Gasteiger charge is -2.37. The molecule has 27 heavy (non-hydrogen) atoms. The van der Waals surface area contributed by atoms with E-state index >= 15 is 0 Å². The number of thioether (sulfide) groups is 1. The number of para-hydroxylation sites is 1. The summed E-state index contributed by atoms with van der Waals surface area (Å²) in [5, 5.41) is 0.583. The third kappa shape index (κ3) is 5.11. The Bertz CT molecular complexity index is 764. The summed E-state index contributed by atoms with van der Waals surface area (Å²) in [6.07, 6.45) is 0. The number of halogens is 1. The lowest BCUT2D eigenvalue weighted by Crippen LogP contribution is -2.50. The average Bonchev–Trinajstić information content (AvgIpc) is 2.72. The van der Waals surface area contributed by atoms with E-state index in [4.69, 9.17) is 16.3 Å². The number of amides is 1. The molecule has 4 nitrogen and oxygen atoms in total. The molecule has 1 aliphatic rings. The van der Waals surface area contributed by atoms with Gasteiger partial charge < -0.3 is 14.5 Å². The van der Waals surface area contributed by atoms with Crippen molar-refractivity contribution in [2.45, 2.75) is 17.9 Å². The third-order valence-corrected chi connectivity index (χ3v) is 6.21. The molecule has 0 bridgehead atoms. The zero-order chi connectivity index (χ0) is 19.2. The van der Waals surface area contributed by atoms with E-state index in [0.717, 1.165) is 37.5 Å². The Balaban J connectivity index is 1.52.